The summed E-state index contributed by atoms with van der Waals surface area (Å²) < 4.78 is 2.40. The zero-order valence-electron chi connectivity index (χ0n) is 15.7. The lowest BCUT2D eigenvalue weighted by atomic mass is 9.92. The average molecular weight is 352 g/mol. The summed E-state index contributed by atoms with van der Waals surface area (Å²) in [4.78, 5) is 26.7. The van der Waals surface area contributed by atoms with Crippen LogP contribution < -0.4 is 16.1 Å². The van der Waals surface area contributed by atoms with Crippen molar-refractivity contribution in [2.24, 2.45) is 14.1 Å². The van der Waals surface area contributed by atoms with Crippen molar-refractivity contribution in [1.82, 2.24) is 9.13 Å². The first-order chi connectivity index (χ1) is 12.4. The second kappa shape index (κ2) is 6.83. The number of hydrogen-bond donors (Lipinski definition) is 0. The lowest BCUT2D eigenvalue weighted by molar-refractivity contribution is 0.556. The van der Waals surface area contributed by atoms with Crippen molar-refractivity contribution in [2.45, 2.75) is 38.1 Å². The van der Waals surface area contributed by atoms with Crippen LogP contribution in [0.4, 0.5) is 5.82 Å². The lowest BCUT2D eigenvalue weighted by Gasteiger charge is -2.33. The maximum Gasteiger partial charge on any atom is 0.332 e. The number of benzene rings is 1. The fourth-order valence-corrected chi connectivity index (χ4v) is 4.11. The molecule has 1 aliphatic rings. The van der Waals surface area contributed by atoms with Crippen molar-refractivity contribution in [3.63, 3.8) is 0 Å². The molecule has 1 aromatic heterocycles. The molecule has 0 N–H and O–H groups in total. The van der Waals surface area contributed by atoms with Gasteiger partial charge in [0.15, 0.2) is 5.56 Å². The molecule has 2 atom stereocenters. The SMILES string of the molecule is Cc1ccc(C2CCCC2N(C)c2c(C#N)c(=O)n(C)c(=O)n2C)cc1. The van der Waals surface area contributed by atoms with E-state index >= 15 is 0 Å². The normalized spacial score (nSPS) is 19.3. The molecule has 2 unspecified atom stereocenters. The molecule has 2 aromatic rings. The number of likely N-dealkylation sites (N-methyl/N-ethyl adjacent to an activating group) is 1. The Morgan fingerprint density at radius 2 is 1.77 bits per heavy atom. The molecule has 1 aromatic carbocycles. The summed E-state index contributed by atoms with van der Waals surface area (Å²) in [6.45, 7) is 2.07. The lowest BCUT2D eigenvalue weighted by Crippen LogP contribution is -2.44. The van der Waals surface area contributed by atoms with Crippen molar-refractivity contribution in [3.05, 3.63) is 61.8 Å². The number of rotatable bonds is 3. The molecule has 0 aliphatic heterocycles. The van der Waals surface area contributed by atoms with Crippen LogP contribution in [0.1, 0.15) is 41.9 Å². The van der Waals surface area contributed by atoms with Gasteiger partial charge in [-0.25, -0.2) is 4.79 Å². The number of nitrogens with zero attached hydrogens (tertiary/aromatic N) is 4. The highest BCUT2D eigenvalue weighted by atomic mass is 16.2. The van der Waals surface area contributed by atoms with E-state index in [0.29, 0.717) is 11.7 Å². The second-order valence-electron chi connectivity index (χ2n) is 7.14. The summed E-state index contributed by atoms with van der Waals surface area (Å²) in [6.07, 6.45) is 3.09. The minimum atomic E-state index is -0.540. The smallest absolute Gasteiger partial charge is 0.332 e. The summed E-state index contributed by atoms with van der Waals surface area (Å²) in [5, 5.41) is 9.54. The third-order valence-corrected chi connectivity index (χ3v) is 5.56. The fourth-order valence-electron chi connectivity index (χ4n) is 4.11. The second-order valence-corrected chi connectivity index (χ2v) is 7.14. The van der Waals surface area contributed by atoms with Crippen molar-refractivity contribution in [3.8, 4) is 6.07 Å². The van der Waals surface area contributed by atoms with Gasteiger partial charge < -0.3 is 4.90 Å². The van der Waals surface area contributed by atoms with Crippen molar-refractivity contribution >= 4 is 5.82 Å². The number of nitriles is 1. The van der Waals surface area contributed by atoms with E-state index in [1.807, 2.05) is 18.0 Å². The van der Waals surface area contributed by atoms with Gasteiger partial charge in [-0.2, -0.15) is 5.26 Å². The Bertz CT molecular complexity index is 979. The highest BCUT2D eigenvalue weighted by Crippen LogP contribution is 2.39. The standard InChI is InChI=1S/C20H24N4O2/c1-13-8-10-14(11-9-13)15-6-5-7-17(15)22(2)18-16(12-21)19(25)24(4)20(26)23(18)3/h8-11,15,17H,5-7H2,1-4H3. The molecule has 6 heteroatoms. The quantitative estimate of drug-likeness (QED) is 0.847. The van der Waals surface area contributed by atoms with Crippen LogP contribution in [0.3, 0.4) is 0 Å². The molecule has 6 nitrogen and oxygen atoms in total. The first-order valence-corrected chi connectivity index (χ1v) is 8.86. The predicted octanol–water partition coefficient (Wildman–Crippen LogP) is 2.04. The van der Waals surface area contributed by atoms with Gasteiger partial charge in [0.2, 0.25) is 0 Å². The van der Waals surface area contributed by atoms with Gasteiger partial charge in [0, 0.05) is 33.1 Å². The van der Waals surface area contributed by atoms with Gasteiger partial charge in [-0.15, -0.1) is 0 Å². The van der Waals surface area contributed by atoms with E-state index < -0.39 is 11.2 Å². The molecular formula is C20H24N4O2. The van der Waals surface area contributed by atoms with Crippen molar-refractivity contribution in [2.75, 3.05) is 11.9 Å². The molecule has 0 spiro atoms. The molecule has 1 saturated carbocycles. The summed E-state index contributed by atoms with van der Waals surface area (Å²) in [7, 11) is 4.90. The van der Waals surface area contributed by atoms with Crippen LogP contribution in [0.5, 0.6) is 0 Å². The predicted molar refractivity (Wildman–Crippen MR) is 102 cm³/mol. The summed E-state index contributed by atoms with van der Waals surface area (Å²) >= 11 is 0. The molecule has 3 rings (SSSR count). The van der Waals surface area contributed by atoms with E-state index in [2.05, 4.69) is 31.2 Å². The zero-order valence-corrected chi connectivity index (χ0v) is 15.7. The molecule has 0 radical (unpaired) electrons. The van der Waals surface area contributed by atoms with Gasteiger partial charge in [-0.1, -0.05) is 36.2 Å². The van der Waals surface area contributed by atoms with Gasteiger partial charge >= 0.3 is 5.69 Å². The third-order valence-electron chi connectivity index (χ3n) is 5.56. The molecule has 1 heterocycles. The summed E-state index contributed by atoms with van der Waals surface area (Å²) in [5.74, 6) is 0.718. The van der Waals surface area contributed by atoms with Gasteiger partial charge in [-0.3, -0.25) is 13.9 Å². The van der Waals surface area contributed by atoms with Gasteiger partial charge in [0.1, 0.15) is 11.9 Å². The first-order valence-electron chi connectivity index (χ1n) is 8.86. The largest absolute Gasteiger partial charge is 0.356 e. The van der Waals surface area contributed by atoms with Crippen LogP contribution in [-0.4, -0.2) is 22.2 Å². The van der Waals surface area contributed by atoms with E-state index in [-0.39, 0.29) is 11.6 Å². The molecule has 0 bridgehead atoms. The van der Waals surface area contributed by atoms with Crippen LogP contribution in [-0.2, 0) is 14.1 Å². The highest BCUT2D eigenvalue weighted by Gasteiger charge is 2.34. The zero-order chi connectivity index (χ0) is 19.0. The van der Waals surface area contributed by atoms with E-state index in [4.69, 9.17) is 0 Å². The topological polar surface area (TPSA) is 71.0 Å². The van der Waals surface area contributed by atoms with Gasteiger partial charge in [0.05, 0.1) is 0 Å². The maximum absolute atomic E-state index is 12.4. The Labute approximate surface area is 152 Å². The van der Waals surface area contributed by atoms with E-state index in [1.165, 1.54) is 22.7 Å². The molecule has 26 heavy (non-hydrogen) atoms. The maximum atomic E-state index is 12.4. The molecule has 136 valence electrons. The van der Waals surface area contributed by atoms with Gasteiger partial charge in [-0.05, 0) is 25.3 Å². The Balaban J connectivity index is 2.08. The van der Waals surface area contributed by atoms with Crippen LogP contribution in [0.15, 0.2) is 33.9 Å². The highest BCUT2D eigenvalue weighted by molar-refractivity contribution is 5.54. The van der Waals surface area contributed by atoms with E-state index in [0.717, 1.165) is 23.8 Å². The number of hydrogen-bond acceptors (Lipinski definition) is 4. The Hall–Kier alpha value is -2.81. The number of aromatic nitrogens is 2. The van der Waals surface area contributed by atoms with Crippen LogP contribution >= 0.6 is 0 Å². The van der Waals surface area contributed by atoms with E-state index in [1.54, 1.807) is 7.05 Å². The molecule has 0 amide bonds. The van der Waals surface area contributed by atoms with Crippen LogP contribution in [0.2, 0.25) is 0 Å². The Kier molecular flexibility index (Phi) is 4.73. The summed E-state index contributed by atoms with van der Waals surface area (Å²) in [5.41, 5.74) is 1.55. The molecule has 0 saturated heterocycles. The average Bonchev–Trinajstić information content (AvgIpc) is 3.12. The van der Waals surface area contributed by atoms with Crippen molar-refractivity contribution < 1.29 is 0 Å². The molecule has 1 aliphatic carbocycles. The number of anilines is 1. The Morgan fingerprint density at radius 1 is 1.12 bits per heavy atom. The fraction of sp³-hybridized carbons (Fsp3) is 0.450. The van der Waals surface area contributed by atoms with E-state index in [9.17, 15) is 14.9 Å². The number of aryl methyl sites for hydroxylation is 1. The summed E-state index contributed by atoms with van der Waals surface area (Å²) in [6, 6.07) is 10.7. The minimum Gasteiger partial charge on any atom is -0.356 e. The molecular weight excluding hydrogens is 328 g/mol. The monoisotopic (exact) mass is 352 g/mol. The molecule has 1 fully saturated rings. The van der Waals surface area contributed by atoms with Crippen LogP contribution in [0.25, 0.3) is 0 Å². The third kappa shape index (κ3) is 2.84. The Morgan fingerprint density at radius 3 is 2.38 bits per heavy atom. The minimum absolute atomic E-state index is 0.0201. The van der Waals surface area contributed by atoms with Crippen molar-refractivity contribution in [1.29, 1.82) is 5.26 Å². The van der Waals surface area contributed by atoms with Crippen LogP contribution in [0, 0.1) is 18.3 Å². The first kappa shape index (κ1) is 18.0. The van der Waals surface area contributed by atoms with Gasteiger partial charge in [0.25, 0.3) is 5.56 Å².